The monoisotopic (exact) mass is 336 g/mol. The summed E-state index contributed by atoms with van der Waals surface area (Å²) in [6, 6.07) is 15.7. The summed E-state index contributed by atoms with van der Waals surface area (Å²) in [5, 5.41) is 1.65. The Bertz CT molecular complexity index is 941. The van der Waals surface area contributed by atoms with Crippen molar-refractivity contribution in [3.8, 4) is 17.0 Å². The predicted molar refractivity (Wildman–Crippen MR) is 99.6 cm³/mol. The van der Waals surface area contributed by atoms with Gasteiger partial charge < -0.3 is 19.4 Å². The third-order valence-electron chi connectivity index (χ3n) is 4.61. The molecule has 1 aliphatic heterocycles. The number of morpholine rings is 1. The number of ether oxygens (including phenoxy) is 2. The molecule has 4 rings (SSSR count). The van der Waals surface area contributed by atoms with Crippen molar-refractivity contribution in [1.82, 2.24) is 4.98 Å². The molecule has 0 spiro atoms. The molecule has 0 radical (unpaired) electrons. The van der Waals surface area contributed by atoms with E-state index in [1.54, 1.807) is 7.11 Å². The maximum absolute atomic E-state index is 12.6. The first-order chi connectivity index (χ1) is 12.2. The minimum Gasteiger partial charge on any atom is -0.497 e. The first-order valence-corrected chi connectivity index (χ1v) is 8.39. The maximum atomic E-state index is 12.6. The summed E-state index contributed by atoms with van der Waals surface area (Å²) in [6.45, 7) is 3.16. The number of nitrogens with one attached hydrogen (secondary N) is 1. The van der Waals surface area contributed by atoms with Crippen LogP contribution in [0.5, 0.6) is 5.75 Å². The van der Waals surface area contributed by atoms with Crippen LogP contribution >= 0.6 is 0 Å². The van der Waals surface area contributed by atoms with E-state index in [4.69, 9.17) is 9.47 Å². The highest BCUT2D eigenvalue weighted by Crippen LogP contribution is 2.25. The second-order valence-electron chi connectivity index (χ2n) is 6.11. The highest BCUT2D eigenvalue weighted by Gasteiger charge is 2.13. The number of rotatable bonds is 3. The van der Waals surface area contributed by atoms with Crippen molar-refractivity contribution in [3.05, 3.63) is 58.9 Å². The number of pyridine rings is 1. The highest BCUT2D eigenvalue weighted by molar-refractivity contribution is 5.88. The molecule has 1 N–H and O–H groups in total. The number of fused-ring (bicyclic) bond motifs is 1. The van der Waals surface area contributed by atoms with E-state index in [0.717, 1.165) is 54.4 Å². The summed E-state index contributed by atoms with van der Waals surface area (Å²) in [5.41, 5.74) is 2.76. The van der Waals surface area contributed by atoms with Gasteiger partial charge in [0.15, 0.2) is 0 Å². The van der Waals surface area contributed by atoms with Crippen LogP contribution in [-0.2, 0) is 4.74 Å². The Hall–Kier alpha value is -2.79. The number of anilines is 1. The van der Waals surface area contributed by atoms with Crippen LogP contribution in [0.4, 0.5) is 5.69 Å². The summed E-state index contributed by atoms with van der Waals surface area (Å²) in [6.07, 6.45) is 0. The van der Waals surface area contributed by atoms with Crippen LogP contribution in [0.15, 0.2) is 53.3 Å². The van der Waals surface area contributed by atoms with Gasteiger partial charge in [-0.25, -0.2) is 0 Å². The minimum absolute atomic E-state index is 0.0709. The summed E-state index contributed by atoms with van der Waals surface area (Å²) in [4.78, 5) is 17.9. The van der Waals surface area contributed by atoms with Crippen molar-refractivity contribution in [3.63, 3.8) is 0 Å². The number of hydrogen-bond acceptors (Lipinski definition) is 4. The fraction of sp³-hybridized carbons (Fsp3) is 0.250. The average molecular weight is 336 g/mol. The largest absolute Gasteiger partial charge is 0.497 e. The number of methoxy groups -OCH3 is 1. The molecule has 1 aromatic heterocycles. The zero-order chi connectivity index (χ0) is 17.2. The zero-order valence-corrected chi connectivity index (χ0v) is 14.1. The van der Waals surface area contributed by atoms with Crippen molar-refractivity contribution < 1.29 is 9.47 Å². The van der Waals surface area contributed by atoms with Crippen LogP contribution in [0.2, 0.25) is 0 Å². The van der Waals surface area contributed by atoms with Gasteiger partial charge in [-0.1, -0.05) is 6.07 Å². The molecule has 0 unspecified atom stereocenters. The molecule has 1 saturated heterocycles. The van der Waals surface area contributed by atoms with E-state index in [1.807, 2.05) is 42.5 Å². The molecule has 0 aliphatic carbocycles. The molecular weight excluding hydrogens is 316 g/mol. The molecular formula is C20H20N2O3. The Morgan fingerprint density at radius 1 is 1.04 bits per heavy atom. The average Bonchev–Trinajstić information content (AvgIpc) is 2.68. The Morgan fingerprint density at radius 2 is 1.80 bits per heavy atom. The van der Waals surface area contributed by atoms with Gasteiger partial charge in [-0.05, 0) is 53.4 Å². The van der Waals surface area contributed by atoms with Gasteiger partial charge in [-0.15, -0.1) is 0 Å². The maximum Gasteiger partial charge on any atom is 0.256 e. The summed E-state index contributed by atoms with van der Waals surface area (Å²) in [5.74, 6) is 0.794. The Balaban J connectivity index is 1.73. The lowest BCUT2D eigenvalue weighted by Crippen LogP contribution is -2.36. The van der Waals surface area contributed by atoms with Crippen molar-refractivity contribution in [1.29, 1.82) is 0 Å². The Labute approximate surface area is 145 Å². The third kappa shape index (κ3) is 3.10. The molecule has 5 heteroatoms. The number of H-pyrrole nitrogens is 1. The molecule has 2 heterocycles. The summed E-state index contributed by atoms with van der Waals surface area (Å²) < 4.78 is 10.6. The molecule has 128 valence electrons. The van der Waals surface area contributed by atoms with Gasteiger partial charge in [0.2, 0.25) is 0 Å². The molecule has 3 aromatic rings. The zero-order valence-electron chi connectivity index (χ0n) is 14.1. The molecule has 1 aliphatic rings. The number of aromatic amines is 1. The van der Waals surface area contributed by atoms with Gasteiger partial charge in [-0.2, -0.15) is 0 Å². The van der Waals surface area contributed by atoms with E-state index in [2.05, 4.69) is 16.0 Å². The van der Waals surface area contributed by atoms with E-state index >= 15 is 0 Å². The van der Waals surface area contributed by atoms with E-state index in [0.29, 0.717) is 5.39 Å². The van der Waals surface area contributed by atoms with Crippen molar-refractivity contribution in [2.45, 2.75) is 0 Å². The Morgan fingerprint density at radius 3 is 2.52 bits per heavy atom. The third-order valence-corrected chi connectivity index (χ3v) is 4.61. The second kappa shape index (κ2) is 6.61. The van der Waals surface area contributed by atoms with Crippen molar-refractivity contribution in [2.75, 3.05) is 38.3 Å². The molecule has 25 heavy (non-hydrogen) atoms. The topological polar surface area (TPSA) is 54.6 Å². The van der Waals surface area contributed by atoms with E-state index in [9.17, 15) is 4.79 Å². The molecule has 0 amide bonds. The summed E-state index contributed by atoms with van der Waals surface area (Å²) in [7, 11) is 1.64. The fourth-order valence-corrected chi connectivity index (χ4v) is 3.19. The van der Waals surface area contributed by atoms with Crippen LogP contribution in [0.25, 0.3) is 22.0 Å². The van der Waals surface area contributed by atoms with Crippen LogP contribution in [0.3, 0.4) is 0 Å². The SMILES string of the molecule is COc1ccc(-c2cc3ccc(N4CCOCC4)cc3c(=O)[nH]2)cc1. The molecule has 5 nitrogen and oxygen atoms in total. The normalized spacial score (nSPS) is 14.7. The van der Waals surface area contributed by atoms with Crippen molar-refractivity contribution in [2.24, 2.45) is 0 Å². The van der Waals surface area contributed by atoms with Gasteiger partial charge in [0.1, 0.15) is 5.75 Å². The first kappa shape index (κ1) is 15.7. The quantitative estimate of drug-likeness (QED) is 0.799. The molecule has 1 fully saturated rings. The van der Waals surface area contributed by atoms with Gasteiger partial charge in [0.05, 0.1) is 20.3 Å². The number of nitrogens with zero attached hydrogens (tertiary/aromatic N) is 1. The van der Waals surface area contributed by atoms with Crippen LogP contribution in [0, 0.1) is 0 Å². The second-order valence-corrected chi connectivity index (χ2v) is 6.11. The first-order valence-electron chi connectivity index (χ1n) is 8.39. The van der Waals surface area contributed by atoms with Crippen LogP contribution in [-0.4, -0.2) is 38.4 Å². The van der Waals surface area contributed by atoms with Crippen molar-refractivity contribution >= 4 is 16.5 Å². The van der Waals surface area contributed by atoms with E-state index in [-0.39, 0.29) is 5.56 Å². The van der Waals surface area contributed by atoms with Crippen LogP contribution < -0.4 is 15.2 Å². The molecule has 0 bridgehead atoms. The lowest BCUT2D eigenvalue weighted by molar-refractivity contribution is 0.122. The predicted octanol–water partition coefficient (Wildman–Crippen LogP) is 3.04. The molecule has 0 saturated carbocycles. The lowest BCUT2D eigenvalue weighted by Gasteiger charge is -2.29. The van der Waals surface area contributed by atoms with Gasteiger partial charge in [0.25, 0.3) is 5.56 Å². The van der Waals surface area contributed by atoms with Gasteiger partial charge >= 0.3 is 0 Å². The van der Waals surface area contributed by atoms with E-state index < -0.39 is 0 Å². The Kier molecular flexibility index (Phi) is 4.15. The standard InChI is InChI=1S/C20H20N2O3/c1-24-17-6-3-14(4-7-17)19-12-15-2-5-16(13-18(15)20(23)21-19)22-8-10-25-11-9-22/h2-7,12-13H,8-11H2,1H3,(H,21,23). The lowest BCUT2D eigenvalue weighted by atomic mass is 10.1. The summed E-state index contributed by atoms with van der Waals surface area (Å²) >= 11 is 0. The number of benzene rings is 2. The van der Waals surface area contributed by atoms with Gasteiger partial charge in [-0.3, -0.25) is 4.79 Å². The molecule has 0 atom stereocenters. The molecule has 2 aromatic carbocycles. The van der Waals surface area contributed by atoms with E-state index in [1.165, 1.54) is 0 Å². The highest BCUT2D eigenvalue weighted by atomic mass is 16.5. The van der Waals surface area contributed by atoms with Crippen LogP contribution in [0.1, 0.15) is 0 Å². The smallest absolute Gasteiger partial charge is 0.256 e. The number of hydrogen-bond donors (Lipinski definition) is 1. The van der Waals surface area contributed by atoms with Gasteiger partial charge in [0, 0.05) is 29.9 Å². The number of aromatic nitrogens is 1. The minimum atomic E-state index is -0.0709. The fourth-order valence-electron chi connectivity index (χ4n) is 3.19.